The van der Waals surface area contributed by atoms with E-state index in [4.69, 9.17) is 23.7 Å². The number of rotatable bonds is 11. The fourth-order valence-electron chi connectivity index (χ4n) is 2.69. The van der Waals surface area contributed by atoms with Gasteiger partial charge in [-0.2, -0.15) is 0 Å². The van der Waals surface area contributed by atoms with E-state index in [9.17, 15) is 0 Å². The van der Waals surface area contributed by atoms with Crippen molar-refractivity contribution in [2.45, 2.75) is 43.2 Å². The predicted molar refractivity (Wildman–Crippen MR) is 72.5 cm³/mol. The Kier molecular flexibility index (Phi) is 4.56. The van der Waals surface area contributed by atoms with E-state index in [0.717, 1.165) is 55.6 Å². The summed E-state index contributed by atoms with van der Waals surface area (Å²) in [4.78, 5) is 0. The monoisotopic (exact) mass is 288 g/mol. The summed E-state index contributed by atoms with van der Waals surface area (Å²) in [6.45, 7) is 3.97. The second kappa shape index (κ2) is 6.20. The molecule has 110 valence electrons. The first kappa shape index (κ1) is 14.0. The standard InChI is InChI=1S/C13H24O5Si/c19-9-14-1-2-18-13(3-10-6-15-10,4-11-7-16-11)5-12-8-17-12/h10-12H,1-9H2,19H3. The first-order valence-electron chi connectivity index (χ1n) is 7.36. The summed E-state index contributed by atoms with van der Waals surface area (Å²) in [5.74, 6) is 0. The number of ether oxygens (including phenoxy) is 5. The molecule has 19 heavy (non-hydrogen) atoms. The second-order valence-corrected chi connectivity index (χ2v) is 6.28. The third kappa shape index (κ3) is 4.80. The molecule has 0 spiro atoms. The molecule has 3 aliphatic heterocycles. The van der Waals surface area contributed by atoms with E-state index in [1.807, 2.05) is 0 Å². The van der Waals surface area contributed by atoms with E-state index in [1.165, 1.54) is 0 Å². The van der Waals surface area contributed by atoms with Gasteiger partial charge in [0, 0.05) is 35.7 Å². The van der Waals surface area contributed by atoms with Gasteiger partial charge >= 0.3 is 0 Å². The average molecular weight is 288 g/mol. The summed E-state index contributed by atoms with van der Waals surface area (Å²) in [6, 6.07) is 0. The molecule has 3 rings (SSSR count). The minimum absolute atomic E-state index is 0.141. The van der Waals surface area contributed by atoms with Gasteiger partial charge in [0.05, 0.1) is 56.9 Å². The molecule has 0 radical (unpaired) electrons. The smallest absolute Gasteiger partial charge is 0.0837 e. The molecule has 0 aromatic heterocycles. The molecule has 0 aromatic rings. The van der Waals surface area contributed by atoms with E-state index in [1.54, 1.807) is 0 Å². The highest BCUT2D eigenvalue weighted by molar-refractivity contribution is 6.08. The van der Waals surface area contributed by atoms with Gasteiger partial charge in [-0.1, -0.05) is 0 Å². The van der Waals surface area contributed by atoms with Crippen molar-refractivity contribution in [3.8, 4) is 0 Å². The molecular formula is C13H24O5Si. The van der Waals surface area contributed by atoms with Gasteiger partial charge in [0.1, 0.15) is 0 Å². The van der Waals surface area contributed by atoms with Crippen LogP contribution in [0.5, 0.6) is 0 Å². The summed E-state index contributed by atoms with van der Waals surface area (Å²) in [5.41, 5.74) is -0.141. The Balaban J connectivity index is 1.55. The molecule has 3 aliphatic rings. The van der Waals surface area contributed by atoms with Crippen molar-refractivity contribution in [3.63, 3.8) is 0 Å². The zero-order chi connectivity index (χ0) is 13.1. The van der Waals surface area contributed by atoms with Gasteiger partial charge in [0.25, 0.3) is 0 Å². The van der Waals surface area contributed by atoms with Crippen LogP contribution in [0.25, 0.3) is 0 Å². The van der Waals surface area contributed by atoms with Crippen molar-refractivity contribution in [2.75, 3.05) is 39.3 Å². The second-order valence-electron chi connectivity index (χ2n) is 5.71. The van der Waals surface area contributed by atoms with Crippen molar-refractivity contribution in [1.29, 1.82) is 0 Å². The molecule has 5 nitrogen and oxygen atoms in total. The zero-order valence-electron chi connectivity index (χ0n) is 11.6. The van der Waals surface area contributed by atoms with Crippen LogP contribution in [0.15, 0.2) is 0 Å². The van der Waals surface area contributed by atoms with Crippen molar-refractivity contribution < 1.29 is 23.7 Å². The van der Waals surface area contributed by atoms with Crippen molar-refractivity contribution in [3.05, 3.63) is 0 Å². The summed E-state index contributed by atoms with van der Waals surface area (Å²) in [7, 11) is 1.08. The van der Waals surface area contributed by atoms with Gasteiger partial charge in [-0.05, 0) is 0 Å². The molecule has 3 saturated heterocycles. The normalized spacial score (nSPS) is 35.1. The Morgan fingerprint density at radius 1 is 0.895 bits per heavy atom. The van der Waals surface area contributed by atoms with Crippen molar-refractivity contribution in [1.82, 2.24) is 0 Å². The maximum Gasteiger partial charge on any atom is 0.0837 e. The Hall–Kier alpha value is 0.0169. The molecule has 3 heterocycles. The lowest BCUT2D eigenvalue weighted by Gasteiger charge is -2.33. The molecule has 3 fully saturated rings. The highest BCUT2D eigenvalue weighted by atomic mass is 28.1. The molecule has 0 aromatic carbocycles. The SMILES string of the molecule is [SiH3]COCCOC(CC1CO1)(CC1CO1)CC1CO1. The van der Waals surface area contributed by atoms with Gasteiger partial charge in [0.15, 0.2) is 0 Å². The van der Waals surface area contributed by atoms with Gasteiger partial charge in [-0.15, -0.1) is 0 Å². The van der Waals surface area contributed by atoms with Crippen LogP contribution in [0.4, 0.5) is 0 Å². The van der Waals surface area contributed by atoms with E-state index in [2.05, 4.69) is 0 Å². The largest absolute Gasteiger partial charge is 0.383 e. The highest BCUT2D eigenvalue weighted by Crippen LogP contribution is 2.39. The van der Waals surface area contributed by atoms with Gasteiger partial charge in [-0.3, -0.25) is 0 Å². The fraction of sp³-hybridized carbons (Fsp3) is 1.00. The topological polar surface area (TPSA) is 56.1 Å². The Labute approximate surface area is 117 Å². The van der Waals surface area contributed by atoms with Crippen LogP contribution >= 0.6 is 0 Å². The predicted octanol–water partition coefficient (Wildman–Crippen LogP) is -0.552. The Morgan fingerprint density at radius 3 is 1.74 bits per heavy atom. The fourth-order valence-corrected chi connectivity index (χ4v) is 2.98. The summed E-state index contributed by atoms with van der Waals surface area (Å²) < 4.78 is 27.9. The van der Waals surface area contributed by atoms with E-state index in [-0.39, 0.29) is 5.60 Å². The summed E-state index contributed by atoms with van der Waals surface area (Å²) in [5, 5.41) is 0. The van der Waals surface area contributed by atoms with Gasteiger partial charge in [-0.25, -0.2) is 0 Å². The first-order valence-corrected chi connectivity index (χ1v) is 8.77. The van der Waals surface area contributed by atoms with Crippen LogP contribution < -0.4 is 0 Å². The molecule has 0 bridgehead atoms. The van der Waals surface area contributed by atoms with Crippen LogP contribution in [0, 0.1) is 0 Å². The van der Waals surface area contributed by atoms with Crippen LogP contribution in [0.1, 0.15) is 19.3 Å². The van der Waals surface area contributed by atoms with Crippen molar-refractivity contribution in [2.24, 2.45) is 0 Å². The lowest BCUT2D eigenvalue weighted by Crippen LogP contribution is -2.39. The molecule has 0 aliphatic carbocycles. The summed E-state index contributed by atoms with van der Waals surface area (Å²) in [6.07, 6.45) is 4.89. The lowest BCUT2D eigenvalue weighted by atomic mass is 9.87. The molecular weight excluding hydrogens is 264 g/mol. The van der Waals surface area contributed by atoms with Crippen molar-refractivity contribution >= 4 is 10.2 Å². The Morgan fingerprint density at radius 2 is 1.37 bits per heavy atom. The van der Waals surface area contributed by atoms with Gasteiger partial charge in [0.2, 0.25) is 0 Å². The quantitative estimate of drug-likeness (QED) is 0.290. The number of epoxide rings is 3. The summed E-state index contributed by atoms with van der Waals surface area (Å²) >= 11 is 0. The van der Waals surface area contributed by atoms with Crippen LogP contribution in [-0.2, 0) is 23.7 Å². The minimum atomic E-state index is -0.141. The number of hydrogen-bond acceptors (Lipinski definition) is 5. The highest BCUT2D eigenvalue weighted by Gasteiger charge is 2.46. The maximum atomic E-state index is 6.23. The maximum absolute atomic E-state index is 6.23. The van der Waals surface area contributed by atoms with Crippen LogP contribution in [0.2, 0.25) is 0 Å². The number of hydrogen-bond donors (Lipinski definition) is 0. The third-order valence-corrected chi connectivity index (χ3v) is 4.25. The van der Waals surface area contributed by atoms with E-state index >= 15 is 0 Å². The Bertz CT molecular complexity index is 253. The molecule has 3 atom stereocenters. The van der Waals surface area contributed by atoms with E-state index < -0.39 is 0 Å². The molecule has 0 saturated carbocycles. The molecule has 0 amide bonds. The first-order chi connectivity index (χ1) is 9.30. The molecule has 3 unspecified atom stereocenters. The van der Waals surface area contributed by atoms with E-state index in [0.29, 0.717) is 31.5 Å². The van der Waals surface area contributed by atoms with Crippen LogP contribution in [-0.4, -0.2) is 73.4 Å². The third-order valence-electron chi connectivity index (χ3n) is 3.85. The van der Waals surface area contributed by atoms with Crippen LogP contribution in [0.3, 0.4) is 0 Å². The average Bonchev–Trinajstić information content (AvgIpc) is 3.21. The van der Waals surface area contributed by atoms with Gasteiger partial charge < -0.3 is 23.7 Å². The zero-order valence-corrected chi connectivity index (χ0v) is 13.6. The lowest BCUT2D eigenvalue weighted by molar-refractivity contribution is -0.0890. The molecule has 6 heteroatoms. The molecule has 0 N–H and O–H groups in total. The minimum Gasteiger partial charge on any atom is -0.383 e.